The van der Waals surface area contributed by atoms with E-state index in [-0.39, 0.29) is 11.7 Å². The highest BCUT2D eigenvalue weighted by molar-refractivity contribution is 5.03. The summed E-state index contributed by atoms with van der Waals surface area (Å²) in [5, 5.41) is 12.8. The number of hydrogen-bond donors (Lipinski definition) is 1. The second-order valence-corrected chi connectivity index (χ2v) is 4.52. The molecule has 1 rings (SSSR count). The summed E-state index contributed by atoms with van der Waals surface area (Å²) in [5.41, 5.74) is -0.829. The van der Waals surface area contributed by atoms with Crippen LogP contribution in [-0.2, 0) is 10.3 Å². The number of methoxy groups -OCH3 is 1. The minimum absolute atomic E-state index is 0.161. The third kappa shape index (κ3) is 3.24. The predicted molar refractivity (Wildman–Crippen MR) is 59.4 cm³/mol. The zero-order chi connectivity index (χ0) is 14.8. The van der Waals surface area contributed by atoms with Crippen molar-refractivity contribution in [2.24, 2.45) is 0 Å². The molecule has 0 radical (unpaired) electrons. The van der Waals surface area contributed by atoms with E-state index in [2.05, 4.69) is 10.1 Å². The molecule has 3 unspecified atom stereocenters. The van der Waals surface area contributed by atoms with Crippen LogP contribution in [0.4, 0.5) is 13.2 Å². The van der Waals surface area contributed by atoms with Crippen molar-refractivity contribution in [3.63, 3.8) is 0 Å². The zero-order valence-corrected chi connectivity index (χ0v) is 11.2. The predicted octanol–water partition coefficient (Wildman–Crippen LogP) is 2.37. The topological polar surface area (TPSA) is 68.4 Å². The second kappa shape index (κ2) is 5.46. The second-order valence-electron chi connectivity index (χ2n) is 4.52. The summed E-state index contributed by atoms with van der Waals surface area (Å²) in [7, 11) is 1.45. The van der Waals surface area contributed by atoms with Gasteiger partial charge in [0.05, 0.1) is 5.92 Å². The minimum atomic E-state index is -4.73. The van der Waals surface area contributed by atoms with Gasteiger partial charge in [-0.3, -0.25) is 0 Å². The van der Waals surface area contributed by atoms with Gasteiger partial charge in [0, 0.05) is 7.11 Å². The van der Waals surface area contributed by atoms with Crippen LogP contribution < -0.4 is 0 Å². The number of nitrogens with zero attached hydrogens (tertiary/aromatic N) is 2. The molecule has 0 aliphatic rings. The van der Waals surface area contributed by atoms with Crippen LogP contribution >= 0.6 is 0 Å². The van der Waals surface area contributed by atoms with Gasteiger partial charge in [0.15, 0.2) is 6.10 Å². The molecule has 1 aromatic rings. The molecule has 0 amide bonds. The Morgan fingerprint density at radius 3 is 2.42 bits per heavy atom. The van der Waals surface area contributed by atoms with Gasteiger partial charge in [0.1, 0.15) is 5.60 Å². The number of halogens is 3. The highest BCUT2D eigenvalue weighted by Crippen LogP contribution is 2.32. The van der Waals surface area contributed by atoms with E-state index in [1.54, 1.807) is 6.92 Å². The van der Waals surface area contributed by atoms with Gasteiger partial charge in [-0.15, -0.1) is 0 Å². The van der Waals surface area contributed by atoms with Crippen LogP contribution in [0.2, 0.25) is 0 Å². The maximum atomic E-state index is 12.4. The van der Waals surface area contributed by atoms with E-state index >= 15 is 0 Å². The lowest BCUT2D eigenvalue weighted by Gasteiger charge is -2.22. The lowest BCUT2D eigenvalue weighted by molar-refractivity contribution is -0.210. The Kier molecular flexibility index (Phi) is 4.57. The van der Waals surface area contributed by atoms with Crippen LogP contribution in [-0.4, -0.2) is 34.6 Å². The summed E-state index contributed by atoms with van der Waals surface area (Å²) in [6, 6.07) is 0. The number of aliphatic hydroxyl groups excluding tert-OH is 1. The van der Waals surface area contributed by atoms with Crippen molar-refractivity contribution in [3.05, 3.63) is 11.7 Å². The highest BCUT2D eigenvalue weighted by atomic mass is 19.4. The maximum absolute atomic E-state index is 12.4. The van der Waals surface area contributed by atoms with Gasteiger partial charge < -0.3 is 14.4 Å². The van der Waals surface area contributed by atoms with Crippen molar-refractivity contribution in [2.45, 2.75) is 51.0 Å². The van der Waals surface area contributed by atoms with Crippen molar-refractivity contribution in [1.82, 2.24) is 10.1 Å². The molecule has 19 heavy (non-hydrogen) atoms. The molecule has 0 fully saturated rings. The van der Waals surface area contributed by atoms with E-state index in [4.69, 9.17) is 14.4 Å². The molecule has 5 nitrogen and oxygen atoms in total. The molecule has 1 heterocycles. The van der Waals surface area contributed by atoms with E-state index in [1.165, 1.54) is 14.0 Å². The number of rotatable bonds is 5. The Balaban J connectivity index is 2.97. The van der Waals surface area contributed by atoms with E-state index in [9.17, 15) is 13.2 Å². The Morgan fingerprint density at radius 2 is 2.00 bits per heavy atom. The van der Waals surface area contributed by atoms with Gasteiger partial charge in [-0.2, -0.15) is 18.2 Å². The molecular weight excluding hydrogens is 265 g/mol. The molecular formula is C11H17F3N2O3. The first-order chi connectivity index (χ1) is 8.65. The fraction of sp³-hybridized carbons (Fsp3) is 0.818. The maximum Gasteiger partial charge on any atom is 0.415 e. The number of hydrogen-bond acceptors (Lipinski definition) is 5. The van der Waals surface area contributed by atoms with Crippen molar-refractivity contribution < 1.29 is 27.5 Å². The summed E-state index contributed by atoms with van der Waals surface area (Å²) < 4.78 is 47.2. The summed E-state index contributed by atoms with van der Waals surface area (Å²) in [6.07, 6.45) is -6.75. The SMILES string of the molecule is CCC(C)(OC)c1noc(C(C)C(O)C(F)(F)F)n1. The van der Waals surface area contributed by atoms with Gasteiger partial charge in [-0.1, -0.05) is 19.0 Å². The number of aliphatic hydroxyl groups is 1. The lowest BCUT2D eigenvalue weighted by Crippen LogP contribution is -2.33. The molecule has 0 aliphatic heterocycles. The van der Waals surface area contributed by atoms with E-state index in [0.717, 1.165) is 0 Å². The lowest BCUT2D eigenvalue weighted by atomic mass is 10.0. The number of alkyl halides is 3. The van der Waals surface area contributed by atoms with Crippen LogP contribution in [0.15, 0.2) is 4.52 Å². The molecule has 1 aromatic heterocycles. The average molecular weight is 282 g/mol. The smallest absolute Gasteiger partial charge is 0.383 e. The Hall–Kier alpha value is -1.15. The molecule has 0 spiro atoms. The third-order valence-corrected chi connectivity index (χ3v) is 3.24. The molecule has 3 atom stereocenters. The summed E-state index contributed by atoms with van der Waals surface area (Å²) in [5.74, 6) is -1.44. The molecule has 0 aromatic carbocycles. The molecule has 0 saturated carbocycles. The molecule has 0 saturated heterocycles. The van der Waals surface area contributed by atoms with Crippen molar-refractivity contribution in [1.29, 1.82) is 0 Å². The molecule has 0 aliphatic carbocycles. The largest absolute Gasteiger partial charge is 0.415 e. The Bertz CT molecular complexity index is 416. The van der Waals surface area contributed by atoms with Crippen LogP contribution in [0.1, 0.15) is 44.8 Å². The van der Waals surface area contributed by atoms with E-state index in [1.807, 2.05) is 6.92 Å². The molecule has 110 valence electrons. The minimum Gasteiger partial charge on any atom is -0.383 e. The van der Waals surface area contributed by atoms with E-state index in [0.29, 0.717) is 6.42 Å². The fourth-order valence-corrected chi connectivity index (χ4v) is 1.45. The van der Waals surface area contributed by atoms with Crippen molar-refractivity contribution in [3.8, 4) is 0 Å². The van der Waals surface area contributed by atoms with Gasteiger partial charge in [-0.25, -0.2) is 0 Å². The van der Waals surface area contributed by atoms with Gasteiger partial charge in [0.25, 0.3) is 0 Å². The van der Waals surface area contributed by atoms with Gasteiger partial charge >= 0.3 is 6.18 Å². The zero-order valence-electron chi connectivity index (χ0n) is 11.2. The standard InChI is InChI=1S/C11H17F3N2O3/c1-5-10(3,18-4)9-15-8(19-16-9)6(2)7(17)11(12,13)14/h6-7,17H,5H2,1-4H3. The number of aromatic nitrogens is 2. The van der Waals surface area contributed by atoms with Crippen LogP contribution in [0.3, 0.4) is 0 Å². The first kappa shape index (κ1) is 15.9. The average Bonchev–Trinajstić information content (AvgIpc) is 2.85. The van der Waals surface area contributed by atoms with Crippen molar-refractivity contribution >= 4 is 0 Å². The first-order valence-electron chi connectivity index (χ1n) is 5.79. The molecule has 0 bridgehead atoms. The van der Waals surface area contributed by atoms with E-state index < -0.39 is 23.8 Å². The quantitative estimate of drug-likeness (QED) is 0.898. The Morgan fingerprint density at radius 1 is 1.42 bits per heavy atom. The highest BCUT2D eigenvalue weighted by Gasteiger charge is 2.44. The van der Waals surface area contributed by atoms with Crippen LogP contribution in [0.5, 0.6) is 0 Å². The van der Waals surface area contributed by atoms with Crippen LogP contribution in [0, 0.1) is 0 Å². The third-order valence-electron chi connectivity index (χ3n) is 3.24. The van der Waals surface area contributed by atoms with Gasteiger partial charge in [0.2, 0.25) is 11.7 Å². The first-order valence-corrected chi connectivity index (χ1v) is 5.79. The monoisotopic (exact) mass is 282 g/mol. The molecule has 8 heteroatoms. The fourth-order valence-electron chi connectivity index (χ4n) is 1.45. The molecule has 1 N–H and O–H groups in total. The summed E-state index contributed by atoms with van der Waals surface area (Å²) in [4.78, 5) is 3.90. The summed E-state index contributed by atoms with van der Waals surface area (Å²) >= 11 is 0. The number of ether oxygens (including phenoxy) is 1. The normalized spacial score (nSPS) is 18.9. The van der Waals surface area contributed by atoms with Crippen molar-refractivity contribution in [2.75, 3.05) is 7.11 Å². The van der Waals surface area contributed by atoms with Crippen LogP contribution in [0.25, 0.3) is 0 Å². The van der Waals surface area contributed by atoms with Gasteiger partial charge in [-0.05, 0) is 13.3 Å². The Labute approximate surface area is 108 Å². The summed E-state index contributed by atoms with van der Waals surface area (Å²) in [6.45, 7) is 4.70.